The number of halogens is 1. The fraction of sp³-hybridized carbons (Fsp3) is 0.750. The summed E-state index contributed by atoms with van der Waals surface area (Å²) in [6.45, 7) is 0.827. The van der Waals surface area contributed by atoms with E-state index in [2.05, 4.69) is 10.3 Å². The molecule has 2 rings (SSSR count). The molecule has 0 atom stereocenters. The first kappa shape index (κ1) is 11.9. The van der Waals surface area contributed by atoms with Crippen molar-refractivity contribution in [2.24, 2.45) is 7.05 Å². The summed E-state index contributed by atoms with van der Waals surface area (Å²) < 4.78 is 1.94. The topological polar surface area (TPSA) is 29.9 Å². The Kier molecular flexibility index (Phi) is 4.24. The second-order valence-corrected chi connectivity index (χ2v) is 5.01. The van der Waals surface area contributed by atoms with Gasteiger partial charge >= 0.3 is 0 Å². The van der Waals surface area contributed by atoms with Crippen molar-refractivity contribution in [3.8, 4) is 0 Å². The van der Waals surface area contributed by atoms with Crippen LogP contribution in [0.25, 0.3) is 0 Å². The molecule has 1 aromatic heterocycles. The molecule has 1 aliphatic carbocycles. The van der Waals surface area contributed by atoms with Crippen LogP contribution in [0.2, 0.25) is 5.15 Å². The van der Waals surface area contributed by atoms with Crippen molar-refractivity contribution >= 4 is 11.6 Å². The summed E-state index contributed by atoms with van der Waals surface area (Å²) in [5.74, 6) is 1.02. The molecular weight excluding hydrogens is 222 g/mol. The Hall–Kier alpha value is -0.540. The van der Waals surface area contributed by atoms with Gasteiger partial charge in [-0.05, 0) is 12.8 Å². The van der Waals surface area contributed by atoms with Crippen LogP contribution in [0.5, 0.6) is 0 Å². The van der Waals surface area contributed by atoms with E-state index in [9.17, 15) is 0 Å². The Morgan fingerprint density at radius 1 is 1.38 bits per heavy atom. The van der Waals surface area contributed by atoms with E-state index in [1.807, 2.05) is 11.6 Å². The molecule has 1 aliphatic rings. The number of hydrogen-bond acceptors (Lipinski definition) is 2. The number of imidazole rings is 1. The van der Waals surface area contributed by atoms with Gasteiger partial charge in [-0.15, -0.1) is 0 Å². The average molecular weight is 242 g/mol. The molecule has 3 nitrogen and oxygen atoms in total. The third kappa shape index (κ3) is 2.98. The maximum atomic E-state index is 5.95. The highest BCUT2D eigenvalue weighted by molar-refractivity contribution is 6.29. The summed E-state index contributed by atoms with van der Waals surface area (Å²) in [7, 11) is 1.96. The minimum absolute atomic E-state index is 0.665. The predicted molar refractivity (Wildman–Crippen MR) is 66.5 cm³/mol. The Morgan fingerprint density at radius 2 is 2.06 bits per heavy atom. The number of rotatable bonds is 3. The van der Waals surface area contributed by atoms with E-state index in [1.54, 1.807) is 6.20 Å². The highest BCUT2D eigenvalue weighted by atomic mass is 35.5. The van der Waals surface area contributed by atoms with Gasteiger partial charge < -0.3 is 9.88 Å². The molecule has 0 radical (unpaired) electrons. The molecule has 0 amide bonds. The molecule has 1 fully saturated rings. The second-order valence-electron chi connectivity index (χ2n) is 4.63. The van der Waals surface area contributed by atoms with Gasteiger partial charge in [0.2, 0.25) is 0 Å². The van der Waals surface area contributed by atoms with Crippen molar-refractivity contribution in [2.75, 3.05) is 0 Å². The third-order valence-corrected chi connectivity index (χ3v) is 3.78. The lowest BCUT2D eigenvalue weighted by atomic mass is 10.1. The Morgan fingerprint density at radius 3 is 2.62 bits per heavy atom. The fourth-order valence-electron chi connectivity index (χ4n) is 2.31. The summed E-state index contributed by atoms with van der Waals surface area (Å²) in [5.41, 5.74) is 0. The highest BCUT2D eigenvalue weighted by Gasteiger charge is 2.12. The van der Waals surface area contributed by atoms with E-state index in [0.717, 1.165) is 12.4 Å². The van der Waals surface area contributed by atoms with Crippen LogP contribution in [0, 0.1) is 0 Å². The van der Waals surface area contributed by atoms with Gasteiger partial charge in [-0.25, -0.2) is 4.98 Å². The van der Waals surface area contributed by atoms with Crippen molar-refractivity contribution in [1.82, 2.24) is 14.9 Å². The SMILES string of the molecule is Cn1c(Cl)cnc1CNC1CCCCCC1. The van der Waals surface area contributed by atoms with Gasteiger partial charge in [-0.2, -0.15) is 0 Å². The number of aromatic nitrogens is 2. The largest absolute Gasteiger partial charge is 0.321 e. The zero-order valence-corrected chi connectivity index (χ0v) is 10.6. The monoisotopic (exact) mass is 241 g/mol. The first-order valence-electron chi connectivity index (χ1n) is 6.17. The smallest absolute Gasteiger partial charge is 0.128 e. The molecule has 0 bridgehead atoms. The van der Waals surface area contributed by atoms with Gasteiger partial charge in [0.05, 0.1) is 12.7 Å². The molecule has 0 spiro atoms. The minimum atomic E-state index is 0.665. The van der Waals surface area contributed by atoms with Crippen molar-refractivity contribution in [3.63, 3.8) is 0 Å². The van der Waals surface area contributed by atoms with Gasteiger partial charge in [0.1, 0.15) is 11.0 Å². The lowest BCUT2D eigenvalue weighted by Crippen LogP contribution is -2.29. The molecular formula is C12H20ClN3. The number of nitrogens with one attached hydrogen (secondary N) is 1. The molecule has 4 heteroatoms. The quantitative estimate of drug-likeness (QED) is 0.825. The Labute approximate surface area is 102 Å². The normalized spacial score (nSPS) is 18.6. The van der Waals surface area contributed by atoms with E-state index in [1.165, 1.54) is 38.5 Å². The molecule has 1 aromatic rings. The van der Waals surface area contributed by atoms with Crippen LogP contribution < -0.4 is 5.32 Å². The van der Waals surface area contributed by atoms with Crippen LogP contribution in [0.3, 0.4) is 0 Å². The van der Waals surface area contributed by atoms with Gasteiger partial charge in [0.15, 0.2) is 0 Å². The third-order valence-electron chi connectivity index (χ3n) is 3.43. The van der Waals surface area contributed by atoms with Crippen LogP contribution in [0.1, 0.15) is 44.3 Å². The zero-order chi connectivity index (χ0) is 11.4. The standard InChI is InChI=1S/C12H20ClN3/c1-16-11(13)8-15-12(16)9-14-10-6-4-2-3-5-7-10/h8,10,14H,2-7,9H2,1H3. The summed E-state index contributed by atoms with van der Waals surface area (Å²) in [6.07, 6.45) is 9.83. The van der Waals surface area contributed by atoms with E-state index in [-0.39, 0.29) is 0 Å². The maximum Gasteiger partial charge on any atom is 0.128 e. The first-order chi connectivity index (χ1) is 7.77. The minimum Gasteiger partial charge on any atom is -0.321 e. The van der Waals surface area contributed by atoms with Crippen LogP contribution >= 0.6 is 11.6 Å². The van der Waals surface area contributed by atoms with Gasteiger partial charge in [-0.1, -0.05) is 37.3 Å². The average Bonchev–Trinajstić information content (AvgIpc) is 2.53. The summed E-state index contributed by atoms with van der Waals surface area (Å²) >= 11 is 5.95. The van der Waals surface area contributed by atoms with Crippen LogP contribution in [-0.2, 0) is 13.6 Å². The molecule has 16 heavy (non-hydrogen) atoms. The Bertz CT molecular complexity index is 327. The number of nitrogens with zero attached hydrogens (tertiary/aromatic N) is 2. The van der Waals surface area contributed by atoms with E-state index in [4.69, 9.17) is 11.6 Å². The van der Waals surface area contributed by atoms with E-state index in [0.29, 0.717) is 11.2 Å². The molecule has 90 valence electrons. The zero-order valence-electron chi connectivity index (χ0n) is 9.88. The molecule has 1 saturated carbocycles. The molecule has 1 N–H and O–H groups in total. The van der Waals surface area contributed by atoms with Gasteiger partial charge in [-0.3, -0.25) is 0 Å². The maximum absolute atomic E-state index is 5.95. The highest BCUT2D eigenvalue weighted by Crippen LogP contribution is 2.17. The number of hydrogen-bond donors (Lipinski definition) is 1. The van der Waals surface area contributed by atoms with Gasteiger partial charge in [0.25, 0.3) is 0 Å². The van der Waals surface area contributed by atoms with E-state index < -0.39 is 0 Å². The van der Waals surface area contributed by atoms with E-state index >= 15 is 0 Å². The van der Waals surface area contributed by atoms with Crippen molar-refractivity contribution < 1.29 is 0 Å². The molecule has 0 aliphatic heterocycles. The van der Waals surface area contributed by atoms with Crippen molar-refractivity contribution in [1.29, 1.82) is 0 Å². The molecule has 1 heterocycles. The predicted octanol–water partition coefficient (Wildman–Crippen LogP) is 2.89. The van der Waals surface area contributed by atoms with Gasteiger partial charge in [0, 0.05) is 13.1 Å². The lowest BCUT2D eigenvalue weighted by molar-refractivity contribution is 0.449. The fourth-order valence-corrected chi connectivity index (χ4v) is 2.45. The lowest BCUT2D eigenvalue weighted by Gasteiger charge is -2.15. The van der Waals surface area contributed by atoms with Crippen LogP contribution in [0.4, 0.5) is 0 Å². The molecule has 0 unspecified atom stereocenters. The summed E-state index contributed by atoms with van der Waals surface area (Å²) in [4.78, 5) is 4.29. The second kappa shape index (κ2) is 5.69. The molecule has 0 aromatic carbocycles. The van der Waals surface area contributed by atoms with Crippen LogP contribution in [0.15, 0.2) is 6.20 Å². The van der Waals surface area contributed by atoms with Crippen molar-refractivity contribution in [2.45, 2.75) is 51.1 Å². The van der Waals surface area contributed by atoms with Crippen LogP contribution in [-0.4, -0.2) is 15.6 Å². The first-order valence-corrected chi connectivity index (χ1v) is 6.54. The summed E-state index contributed by atoms with van der Waals surface area (Å²) in [5, 5.41) is 4.30. The van der Waals surface area contributed by atoms with Crippen molar-refractivity contribution in [3.05, 3.63) is 17.2 Å². The summed E-state index contributed by atoms with van der Waals surface area (Å²) in [6, 6.07) is 0.665. The Balaban J connectivity index is 1.84. The molecule has 0 saturated heterocycles.